The highest BCUT2D eigenvalue weighted by molar-refractivity contribution is 5.98. The van der Waals surface area contributed by atoms with E-state index < -0.39 is 6.04 Å². The van der Waals surface area contributed by atoms with Crippen LogP contribution in [-0.2, 0) is 4.79 Å². The quantitative estimate of drug-likeness (QED) is 0.738. The van der Waals surface area contributed by atoms with Crippen LogP contribution in [0.5, 0.6) is 0 Å². The Hall–Kier alpha value is -3.42. The van der Waals surface area contributed by atoms with Crippen molar-refractivity contribution in [3.8, 4) is 0 Å². The third kappa shape index (κ3) is 4.49. The zero-order valence-corrected chi connectivity index (χ0v) is 20.3. The van der Waals surface area contributed by atoms with Crippen molar-refractivity contribution in [1.29, 1.82) is 0 Å². The normalized spacial score (nSPS) is 18.5. The number of nitrogens with zero attached hydrogens (tertiary/aromatic N) is 4. The van der Waals surface area contributed by atoms with Crippen molar-refractivity contribution in [1.82, 2.24) is 20.1 Å². The number of hydrogen-bond acceptors (Lipinski definition) is 4. The average molecular weight is 464 g/mol. The van der Waals surface area contributed by atoms with Crippen LogP contribution in [0.15, 0.2) is 48.8 Å². The Labute approximate surface area is 200 Å². The van der Waals surface area contributed by atoms with Gasteiger partial charge < -0.3 is 15.1 Å². The van der Waals surface area contributed by atoms with Crippen LogP contribution in [0.2, 0.25) is 0 Å². The molecule has 1 spiro atoms. The first kappa shape index (κ1) is 23.7. The number of rotatable bonds is 5. The minimum absolute atomic E-state index is 0.0433. The summed E-state index contributed by atoms with van der Waals surface area (Å²) in [6, 6.07) is 10.4. The van der Waals surface area contributed by atoms with Gasteiger partial charge in [0, 0.05) is 38.4 Å². The summed E-state index contributed by atoms with van der Waals surface area (Å²) in [5.41, 5.74) is 1.96. The van der Waals surface area contributed by atoms with Crippen LogP contribution in [0, 0.1) is 12.8 Å². The van der Waals surface area contributed by atoms with E-state index in [1.54, 1.807) is 23.4 Å². The van der Waals surface area contributed by atoms with Crippen molar-refractivity contribution >= 4 is 23.5 Å². The lowest BCUT2D eigenvalue weighted by Crippen LogP contribution is -2.59. The van der Waals surface area contributed by atoms with Gasteiger partial charge in [0.2, 0.25) is 5.91 Å². The Bertz CT molecular complexity index is 1060. The van der Waals surface area contributed by atoms with Gasteiger partial charge in [-0.1, -0.05) is 31.5 Å². The first-order chi connectivity index (χ1) is 16.2. The summed E-state index contributed by atoms with van der Waals surface area (Å²) in [5.74, 6) is -0.366. The molecule has 1 aromatic carbocycles. The molecule has 2 saturated heterocycles. The standard InChI is InChI=1S/C26H33N5O3/c1-18(2)22(28-23(32)20-8-5-7-19(3)15-20)24(33)30-13-10-26(11-14-30)17-29(4)25(34)31(26)21-9-6-12-27-16-21/h5-9,12,15-16,18,22H,10-11,13-14,17H2,1-4H3,(H,28,32)/t22-/m1/s1. The number of likely N-dealkylation sites (N-methyl/N-ethyl adjacent to an activating group) is 1. The van der Waals surface area contributed by atoms with Crippen LogP contribution < -0.4 is 10.2 Å². The molecule has 2 aliphatic rings. The molecule has 8 nitrogen and oxygen atoms in total. The highest BCUT2D eigenvalue weighted by Crippen LogP contribution is 2.39. The third-order valence-corrected chi connectivity index (χ3v) is 6.93. The summed E-state index contributed by atoms with van der Waals surface area (Å²) in [6.45, 7) is 7.49. The van der Waals surface area contributed by atoms with Crippen LogP contribution in [0.3, 0.4) is 0 Å². The number of hydrogen-bond donors (Lipinski definition) is 1. The van der Waals surface area contributed by atoms with E-state index in [1.165, 1.54) is 0 Å². The van der Waals surface area contributed by atoms with Crippen LogP contribution in [0.25, 0.3) is 0 Å². The van der Waals surface area contributed by atoms with Gasteiger partial charge in [-0.15, -0.1) is 0 Å². The van der Waals surface area contributed by atoms with Gasteiger partial charge in [-0.3, -0.25) is 19.5 Å². The average Bonchev–Trinajstić information content (AvgIpc) is 3.06. The van der Waals surface area contributed by atoms with E-state index in [4.69, 9.17) is 0 Å². The number of carbonyl (C=O) groups excluding carboxylic acids is 3. The molecular formula is C26H33N5O3. The van der Waals surface area contributed by atoms with Crippen molar-refractivity contribution in [3.05, 3.63) is 59.9 Å². The van der Waals surface area contributed by atoms with E-state index in [0.29, 0.717) is 38.0 Å². The number of piperidine rings is 1. The number of aryl methyl sites for hydroxylation is 1. The van der Waals surface area contributed by atoms with Crippen molar-refractivity contribution in [2.45, 2.75) is 45.2 Å². The molecule has 0 bridgehead atoms. The number of aromatic nitrogens is 1. The third-order valence-electron chi connectivity index (χ3n) is 6.93. The van der Waals surface area contributed by atoms with Crippen molar-refractivity contribution in [2.24, 2.45) is 5.92 Å². The zero-order chi connectivity index (χ0) is 24.5. The van der Waals surface area contributed by atoms with Gasteiger partial charge in [0.1, 0.15) is 6.04 Å². The summed E-state index contributed by atoms with van der Waals surface area (Å²) in [6.07, 6.45) is 4.74. The van der Waals surface area contributed by atoms with Crippen LogP contribution in [-0.4, -0.2) is 70.9 Å². The van der Waals surface area contributed by atoms with Crippen molar-refractivity contribution in [2.75, 3.05) is 31.6 Å². The zero-order valence-electron chi connectivity index (χ0n) is 20.3. The Kier molecular flexibility index (Phi) is 6.59. The van der Waals surface area contributed by atoms with E-state index in [9.17, 15) is 14.4 Å². The molecule has 4 rings (SSSR count). The predicted octanol–water partition coefficient (Wildman–Crippen LogP) is 3.08. The minimum Gasteiger partial charge on any atom is -0.341 e. The fourth-order valence-corrected chi connectivity index (χ4v) is 5.07. The lowest BCUT2D eigenvalue weighted by Gasteiger charge is -2.44. The van der Waals surface area contributed by atoms with Crippen molar-refractivity contribution < 1.29 is 14.4 Å². The number of carbonyl (C=O) groups is 3. The Morgan fingerprint density at radius 3 is 2.47 bits per heavy atom. The van der Waals surface area contributed by atoms with E-state index in [0.717, 1.165) is 11.3 Å². The molecule has 1 aromatic heterocycles. The van der Waals surface area contributed by atoms with E-state index >= 15 is 0 Å². The highest BCUT2D eigenvalue weighted by Gasteiger charge is 2.51. The smallest absolute Gasteiger partial charge is 0.324 e. The number of pyridine rings is 1. The maximum atomic E-state index is 13.5. The maximum Gasteiger partial charge on any atom is 0.324 e. The van der Waals surface area contributed by atoms with Gasteiger partial charge in [-0.25, -0.2) is 4.79 Å². The van der Waals surface area contributed by atoms with E-state index in [-0.39, 0.29) is 29.3 Å². The molecule has 4 amide bonds. The molecule has 1 atom stereocenters. The van der Waals surface area contributed by atoms with E-state index in [1.807, 2.05) is 68.0 Å². The van der Waals surface area contributed by atoms with Crippen LogP contribution >= 0.6 is 0 Å². The molecule has 0 radical (unpaired) electrons. The predicted molar refractivity (Wildman–Crippen MR) is 131 cm³/mol. The van der Waals surface area contributed by atoms with Gasteiger partial charge in [-0.2, -0.15) is 0 Å². The largest absolute Gasteiger partial charge is 0.341 e. The SMILES string of the molecule is Cc1cccc(C(=O)N[C@@H](C(=O)N2CCC3(CC2)CN(C)C(=O)N3c2cccnc2)C(C)C)c1. The molecule has 2 aliphatic heterocycles. The number of benzene rings is 1. The maximum absolute atomic E-state index is 13.5. The fraction of sp³-hybridized carbons (Fsp3) is 0.462. The second-order valence-corrected chi connectivity index (χ2v) is 9.80. The van der Waals surface area contributed by atoms with E-state index in [2.05, 4.69) is 10.3 Å². The Balaban J connectivity index is 1.47. The van der Waals surface area contributed by atoms with Gasteiger partial charge in [0.15, 0.2) is 0 Å². The first-order valence-electron chi connectivity index (χ1n) is 11.8. The topological polar surface area (TPSA) is 85.8 Å². The minimum atomic E-state index is -0.607. The monoisotopic (exact) mass is 463 g/mol. The molecule has 0 unspecified atom stereocenters. The first-order valence-corrected chi connectivity index (χ1v) is 11.8. The molecule has 0 aliphatic carbocycles. The second kappa shape index (κ2) is 9.44. The molecule has 1 N–H and O–H groups in total. The highest BCUT2D eigenvalue weighted by atomic mass is 16.2. The molecule has 8 heteroatoms. The molecule has 3 heterocycles. The summed E-state index contributed by atoms with van der Waals surface area (Å²) < 4.78 is 0. The summed E-state index contributed by atoms with van der Waals surface area (Å²) in [7, 11) is 1.81. The van der Waals surface area contributed by atoms with Gasteiger partial charge in [0.25, 0.3) is 5.91 Å². The molecule has 34 heavy (non-hydrogen) atoms. The second-order valence-electron chi connectivity index (χ2n) is 9.80. The van der Waals surface area contributed by atoms with Gasteiger partial charge >= 0.3 is 6.03 Å². The van der Waals surface area contributed by atoms with Crippen molar-refractivity contribution in [3.63, 3.8) is 0 Å². The molecule has 180 valence electrons. The fourth-order valence-electron chi connectivity index (χ4n) is 5.07. The molecular weight excluding hydrogens is 430 g/mol. The summed E-state index contributed by atoms with van der Waals surface area (Å²) >= 11 is 0. The Morgan fingerprint density at radius 1 is 1.12 bits per heavy atom. The number of urea groups is 1. The summed E-state index contributed by atoms with van der Waals surface area (Å²) in [5, 5.41) is 2.96. The Morgan fingerprint density at radius 2 is 1.85 bits per heavy atom. The van der Waals surface area contributed by atoms with Crippen LogP contribution in [0.4, 0.5) is 10.5 Å². The number of nitrogens with one attached hydrogen (secondary N) is 1. The summed E-state index contributed by atoms with van der Waals surface area (Å²) in [4.78, 5) is 48.9. The number of anilines is 1. The van der Waals surface area contributed by atoms with Crippen LogP contribution in [0.1, 0.15) is 42.6 Å². The lowest BCUT2D eigenvalue weighted by atomic mass is 9.85. The molecule has 2 aromatic rings. The van der Waals surface area contributed by atoms with Gasteiger partial charge in [0.05, 0.1) is 17.4 Å². The van der Waals surface area contributed by atoms with Gasteiger partial charge in [-0.05, 0) is 49.9 Å². The number of likely N-dealkylation sites (tertiary alicyclic amines) is 1. The molecule has 0 saturated carbocycles. The number of amides is 4. The lowest BCUT2D eigenvalue weighted by molar-refractivity contribution is -0.135. The molecule has 2 fully saturated rings.